The molecule has 5 nitrogen and oxygen atoms in total. The Morgan fingerprint density at radius 1 is 1.43 bits per heavy atom. The smallest absolute Gasteiger partial charge is 0.328 e. The molecule has 1 aromatic rings. The van der Waals surface area contributed by atoms with Crippen LogP contribution in [0, 0.1) is 6.92 Å². The highest BCUT2D eigenvalue weighted by atomic mass is 16.5. The zero-order valence-corrected chi connectivity index (χ0v) is 12.4. The van der Waals surface area contributed by atoms with Crippen molar-refractivity contribution < 1.29 is 19.4 Å². The van der Waals surface area contributed by atoms with Gasteiger partial charge in [0, 0.05) is 13.0 Å². The first-order chi connectivity index (χ1) is 10.0. The largest absolute Gasteiger partial charge is 0.480 e. The molecule has 1 N–H and O–H groups in total. The van der Waals surface area contributed by atoms with Crippen LogP contribution in [0.5, 0.6) is 0 Å². The van der Waals surface area contributed by atoms with Crippen LogP contribution in [-0.2, 0) is 14.3 Å². The van der Waals surface area contributed by atoms with Crippen molar-refractivity contribution in [2.45, 2.75) is 32.2 Å². The fraction of sp³-hybridized carbons (Fsp3) is 0.500. The Labute approximate surface area is 124 Å². The second-order valence-electron chi connectivity index (χ2n) is 5.48. The highest BCUT2D eigenvalue weighted by molar-refractivity contribution is 5.84. The lowest BCUT2D eigenvalue weighted by Gasteiger charge is -2.33. The van der Waals surface area contributed by atoms with Gasteiger partial charge >= 0.3 is 5.97 Å². The zero-order chi connectivity index (χ0) is 15.4. The van der Waals surface area contributed by atoms with E-state index in [1.165, 1.54) is 4.90 Å². The molecule has 0 saturated carbocycles. The van der Waals surface area contributed by atoms with Gasteiger partial charge in [0.1, 0.15) is 0 Å². The summed E-state index contributed by atoms with van der Waals surface area (Å²) in [6.07, 6.45) is 0.314. The number of aryl methyl sites for hydroxylation is 1. The summed E-state index contributed by atoms with van der Waals surface area (Å²) in [6.45, 7) is 4.83. The molecule has 5 heteroatoms. The molecule has 21 heavy (non-hydrogen) atoms. The Kier molecular flexibility index (Phi) is 4.96. The summed E-state index contributed by atoms with van der Waals surface area (Å²) in [5.41, 5.74) is 2.28. The molecule has 2 rings (SSSR count). The van der Waals surface area contributed by atoms with Crippen molar-refractivity contribution in [2.75, 3.05) is 19.8 Å². The van der Waals surface area contributed by atoms with E-state index < -0.39 is 12.0 Å². The lowest BCUT2D eigenvalue weighted by Crippen LogP contribution is -2.52. The van der Waals surface area contributed by atoms with E-state index in [-0.39, 0.29) is 18.4 Å². The molecule has 1 amide bonds. The molecule has 1 fully saturated rings. The number of carbonyl (C=O) groups is 2. The van der Waals surface area contributed by atoms with Gasteiger partial charge in [-0.2, -0.15) is 0 Å². The second kappa shape index (κ2) is 6.72. The quantitative estimate of drug-likeness (QED) is 0.918. The minimum Gasteiger partial charge on any atom is -0.480 e. The first-order valence-electron chi connectivity index (χ1n) is 7.16. The summed E-state index contributed by atoms with van der Waals surface area (Å²) in [7, 11) is 0. The van der Waals surface area contributed by atoms with Crippen LogP contribution in [0.25, 0.3) is 0 Å². The predicted molar refractivity (Wildman–Crippen MR) is 78.2 cm³/mol. The minimum absolute atomic E-state index is 0.0657. The van der Waals surface area contributed by atoms with Crippen molar-refractivity contribution in [3.05, 3.63) is 35.4 Å². The molecule has 0 aromatic heterocycles. The van der Waals surface area contributed by atoms with Crippen LogP contribution in [0.15, 0.2) is 24.3 Å². The molecule has 1 saturated heterocycles. The molecular formula is C16H21NO4. The standard InChI is InChI=1S/C16H21NO4/c1-11-5-3-4-6-13(11)12(2)9-15(18)17-7-8-21-10-14(17)16(19)20/h3-6,12,14H,7-10H2,1-2H3,(H,19,20). The monoisotopic (exact) mass is 291 g/mol. The van der Waals surface area contributed by atoms with Crippen LogP contribution < -0.4 is 0 Å². The molecule has 0 radical (unpaired) electrons. The van der Waals surface area contributed by atoms with Crippen molar-refractivity contribution in [1.29, 1.82) is 0 Å². The van der Waals surface area contributed by atoms with E-state index in [1.807, 2.05) is 38.1 Å². The van der Waals surface area contributed by atoms with E-state index >= 15 is 0 Å². The van der Waals surface area contributed by atoms with E-state index in [9.17, 15) is 14.7 Å². The molecule has 114 valence electrons. The maximum Gasteiger partial charge on any atom is 0.328 e. The van der Waals surface area contributed by atoms with Gasteiger partial charge in [-0.25, -0.2) is 4.79 Å². The zero-order valence-electron chi connectivity index (χ0n) is 12.4. The first-order valence-corrected chi connectivity index (χ1v) is 7.16. The van der Waals surface area contributed by atoms with Crippen LogP contribution in [0.3, 0.4) is 0 Å². The fourth-order valence-corrected chi connectivity index (χ4v) is 2.74. The number of aliphatic carboxylic acids is 1. The third-order valence-corrected chi connectivity index (χ3v) is 3.93. The number of nitrogens with zero attached hydrogens (tertiary/aromatic N) is 1. The van der Waals surface area contributed by atoms with Gasteiger partial charge in [-0.3, -0.25) is 4.79 Å². The van der Waals surface area contributed by atoms with Crippen LogP contribution in [0.1, 0.15) is 30.4 Å². The Hall–Kier alpha value is -1.88. The van der Waals surface area contributed by atoms with Crippen molar-refractivity contribution in [2.24, 2.45) is 0 Å². The lowest BCUT2D eigenvalue weighted by atomic mass is 9.93. The van der Waals surface area contributed by atoms with E-state index in [0.717, 1.165) is 11.1 Å². The second-order valence-corrected chi connectivity index (χ2v) is 5.48. The molecule has 0 spiro atoms. The Morgan fingerprint density at radius 3 is 2.81 bits per heavy atom. The highest BCUT2D eigenvalue weighted by Crippen LogP contribution is 2.24. The summed E-state index contributed by atoms with van der Waals surface area (Å²) in [5.74, 6) is -1.07. The molecule has 0 aliphatic carbocycles. The van der Waals surface area contributed by atoms with Crippen LogP contribution >= 0.6 is 0 Å². The number of carboxylic acids is 1. The first kappa shape index (κ1) is 15.5. The fourth-order valence-electron chi connectivity index (χ4n) is 2.74. The van der Waals surface area contributed by atoms with Gasteiger partial charge in [0.2, 0.25) is 5.91 Å². The maximum absolute atomic E-state index is 12.4. The van der Waals surface area contributed by atoms with Crippen molar-refractivity contribution >= 4 is 11.9 Å². The minimum atomic E-state index is -1.01. The molecule has 1 heterocycles. The Morgan fingerprint density at radius 2 is 2.14 bits per heavy atom. The molecule has 0 bridgehead atoms. The third kappa shape index (κ3) is 3.61. The molecule has 2 atom stereocenters. The van der Waals surface area contributed by atoms with Crippen LogP contribution in [0.4, 0.5) is 0 Å². The summed E-state index contributed by atoms with van der Waals surface area (Å²) >= 11 is 0. The lowest BCUT2D eigenvalue weighted by molar-refractivity contribution is -0.158. The van der Waals surface area contributed by atoms with Gasteiger partial charge < -0.3 is 14.7 Å². The highest BCUT2D eigenvalue weighted by Gasteiger charge is 2.33. The molecule has 2 unspecified atom stereocenters. The normalized spacial score (nSPS) is 20.1. The number of hydrogen-bond acceptors (Lipinski definition) is 3. The van der Waals surface area contributed by atoms with Gasteiger partial charge in [-0.05, 0) is 24.0 Å². The molecule has 1 aliphatic heterocycles. The van der Waals surface area contributed by atoms with Gasteiger partial charge in [0.25, 0.3) is 0 Å². The number of benzene rings is 1. The van der Waals surface area contributed by atoms with E-state index in [4.69, 9.17) is 4.74 Å². The maximum atomic E-state index is 12.4. The van der Waals surface area contributed by atoms with Crippen molar-refractivity contribution in [1.82, 2.24) is 4.90 Å². The summed E-state index contributed by atoms with van der Waals surface area (Å²) in [6, 6.07) is 7.09. The van der Waals surface area contributed by atoms with E-state index in [0.29, 0.717) is 19.6 Å². The van der Waals surface area contributed by atoms with Crippen LogP contribution in [-0.4, -0.2) is 47.7 Å². The third-order valence-electron chi connectivity index (χ3n) is 3.93. The average Bonchev–Trinajstić information content (AvgIpc) is 2.47. The number of amides is 1. The topological polar surface area (TPSA) is 66.8 Å². The number of ether oxygens (including phenoxy) is 1. The van der Waals surface area contributed by atoms with Crippen LogP contribution in [0.2, 0.25) is 0 Å². The van der Waals surface area contributed by atoms with Gasteiger partial charge in [-0.15, -0.1) is 0 Å². The average molecular weight is 291 g/mol. The van der Waals surface area contributed by atoms with E-state index in [2.05, 4.69) is 0 Å². The number of hydrogen-bond donors (Lipinski definition) is 1. The number of rotatable bonds is 4. The molecule has 1 aliphatic rings. The number of morpholine rings is 1. The van der Waals surface area contributed by atoms with Gasteiger partial charge in [0.05, 0.1) is 13.2 Å². The molecular weight excluding hydrogens is 270 g/mol. The number of carbonyl (C=O) groups excluding carboxylic acids is 1. The SMILES string of the molecule is Cc1ccccc1C(C)CC(=O)N1CCOCC1C(=O)O. The van der Waals surface area contributed by atoms with Gasteiger partial charge in [-0.1, -0.05) is 31.2 Å². The summed E-state index contributed by atoms with van der Waals surface area (Å²) in [5, 5.41) is 9.18. The van der Waals surface area contributed by atoms with E-state index in [1.54, 1.807) is 0 Å². The Balaban J connectivity index is 2.06. The Bertz CT molecular complexity index is 529. The van der Waals surface area contributed by atoms with Gasteiger partial charge in [0.15, 0.2) is 6.04 Å². The number of carboxylic acid groups (broad SMARTS) is 1. The predicted octanol–water partition coefficient (Wildman–Crippen LogP) is 1.80. The molecule has 1 aromatic carbocycles. The van der Waals surface area contributed by atoms with Crippen molar-refractivity contribution in [3.8, 4) is 0 Å². The summed E-state index contributed by atoms with van der Waals surface area (Å²) < 4.78 is 5.16. The summed E-state index contributed by atoms with van der Waals surface area (Å²) in [4.78, 5) is 25.1. The van der Waals surface area contributed by atoms with Crippen molar-refractivity contribution in [3.63, 3.8) is 0 Å².